The van der Waals surface area contributed by atoms with E-state index in [9.17, 15) is 0 Å². The Bertz CT molecular complexity index is 783. The minimum atomic E-state index is -0.0655. The molecule has 5 heteroatoms. The van der Waals surface area contributed by atoms with Crippen molar-refractivity contribution in [2.75, 3.05) is 13.1 Å². The molecule has 0 spiro atoms. The van der Waals surface area contributed by atoms with E-state index >= 15 is 0 Å². The Hall–Kier alpha value is -2.33. The number of halogens is 1. The summed E-state index contributed by atoms with van der Waals surface area (Å²) < 4.78 is 0. The van der Waals surface area contributed by atoms with Crippen molar-refractivity contribution in [3.05, 3.63) is 70.2 Å². The summed E-state index contributed by atoms with van der Waals surface area (Å²) in [7, 11) is 0. The zero-order valence-corrected chi connectivity index (χ0v) is 13.3. The molecule has 0 bridgehead atoms. The maximum atomic E-state index is 6.05. The number of nitrogens with one attached hydrogen (secondary N) is 1. The molecule has 1 atom stereocenters. The van der Waals surface area contributed by atoms with Gasteiger partial charge < -0.3 is 10.2 Å². The summed E-state index contributed by atoms with van der Waals surface area (Å²) in [6.07, 6.45) is 0.683. The molecule has 1 unspecified atom stereocenters. The molecule has 1 N–H and O–H groups in total. The number of aliphatic imine (C=N–C) groups is 1. The van der Waals surface area contributed by atoms with Crippen molar-refractivity contribution < 1.29 is 4.84 Å². The Morgan fingerprint density at radius 3 is 2.65 bits per heavy atom. The van der Waals surface area contributed by atoms with Crippen LogP contribution in [0.1, 0.15) is 29.2 Å². The Morgan fingerprint density at radius 1 is 1.09 bits per heavy atom. The quantitative estimate of drug-likeness (QED) is 0.938. The van der Waals surface area contributed by atoms with E-state index in [-0.39, 0.29) is 6.10 Å². The molecule has 2 heterocycles. The Labute approximate surface area is 139 Å². The minimum Gasteiger partial charge on any atom is -0.387 e. The lowest BCUT2D eigenvalue weighted by Crippen LogP contribution is -2.19. The van der Waals surface area contributed by atoms with Gasteiger partial charge >= 0.3 is 0 Å². The average molecular weight is 326 g/mol. The standard InChI is InChI=1S/C18H16ClN3O/c19-15-3-1-2-14(10-15)17-11-16(22-23-17)12-4-6-13(7-5-12)18-20-8-9-21-18/h1-7,10,17H,8-9,11H2,(H,20,21). The maximum absolute atomic E-state index is 6.05. The molecule has 0 radical (unpaired) electrons. The first-order valence-electron chi connectivity index (χ1n) is 7.67. The van der Waals surface area contributed by atoms with Gasteiger partial charge in [0.1, 0.15) is 5.84 Å². The smallest absolute Gasteiger partial charge is 0.158 e. The van der Waals surface area contributed by atoms with E-state index in [1.807, 2.05) is 24.3 Å². The van der Waals surface area contributed by atoms with Crippen LogP contribution >= 0.6 is 11.6 Å². The van der Waals surface area contributed by atoms with Gasteiger partial charge in [-0.15, -0.1) is 0 Å². The number of hydrogen-bond acceptors (Lipinski definition) is 4. The molecule has 0 amide bonds. The van der Waals surface area contributed by atoms with E-state index in [1.54, 1.807) is 0 Å². The molecule has 2 aromatic carbocycles. The number of hydrogen-bond donors (Lipinski definition) is 1. The summed E-state index contributed by atoms with van der Waals surface area (Å²) >= 11 is 6.05. The van der Waals surface area contributed by atoms with E-state index < -0.39 is 0 Å². The van der Waals surface area contributed by atoms with Crippen LogP contribution in [-0.2, 0) is 4.84 Å². The highest BCUT2D eigenvalue weighted by Crippen LogP contribution is 2.30. The van der Waals surface area contributed by atoms with Gasteiger partial charge in [0.25, 0.3) is 0 Å². The van der Waals surface area contributed by atoms with Crippen molar-refractivity contribution in [3.63, 3.8) is 0 Å². The van der Waals surface area contributed by atoms with Crippen LogP contribution in [0, 0.1) is 0 Å². The maximum Gasteiger partial charge on any atom is 0.158 e. The van der Waals surface area contributed by atoms with Crippen molar-refractivity contribution in [1.29, 1.82) is 0 Å². The molecule has 0 saturated heterocycles. The van der Waals surface area contributed by atoms with Gasteiger partial charge in [-0.25, -0.2) is 0 Å². The van der Waals surface area contributed by atoms with Crippen molar-refractivity contribution in [3.8, 4) is 0 Å². The normalized spacial score (nSPS) is 19.8. The highest BCUT2D eigenvalue weighted by molar-refractivity contribution is 6.30. The Morgan fingerprint density at radius 2 is 1.91 bits per heavy atom. The second kappa shape index (κ2) is 6.05. The van der Waals surface area contributed by atoms with Gasteiger partial charge in [-0.1, -0.05) is 53.2 Å². The van der Waals surface area contributed by atoms with E-state index in [2.05, 4.69) is 39.7 Å². The zero-order chi connectivity index (χ0) is 15.6. The lowest BCUT2D eigenvalue weighted by atomic mass is 9.99. The zero-order valence-electron chi connectivity index (χ0n) is 12.5. The van der Waals surface area contributed by atoms with Gasteiger partial charge in [-0.3, -0.25) is 4.99 Å². The fourth-order valence-electron chi connectivity index (χ4n) is 2.85. The molecule has 116 valence electrons. The van der Waals surface area contributed by atoms with Crippen LogP contribution in [0.5, 0.6) is 0 Å². The SMILES string of the molecule is Clc1cccc(C2CC(c3ccc(C4=NCCN4)cc3)=NO2)c1. The first-order chi connectivity index (χ1) is 11.3. The van der Waals surface area contributed by atoms with Crippen LogP contribution in [0.25, 0.3) is 0 Å². The fourth-order valence-corrected chi connectivity index (χ4v) is 3.04. The molecule has 23 heavy (non-hydrogen) atoms. The molecule has 4 rings (SSSR count). The highest BCUT2D eigenvalue weighted by Gasteiger charge is 2.24. The number of nitrogens with zero attached hydrogens (tertiary/aromatic N) is 2. The number of benzene rings is 2. The molecule has 0 aromatic heterocycles. The van der Waals surface area contributed by atoms with E-state index in [1.165, 1.54) is 0 Å². The summed E-state index contributed by atoms with van der Waals surface area (Å²) in [5.74, 6) is 0.970. The van der Waals surface area contributed by atoms with Crippen molar-refractivity contribution >= 4 is 23.1 Å². The second-order valence-electron chi connectivity index (χ2n) is 5.63. The van der Waals surface area contributed by atoms with Crippen molar-refractivity contribution in [1.82, 2.24) is 5.32 Å². The Balaban J connectivity index is 1.49. The molecule has 4 nitrogen and oxygen atoms in total. The lowest BCUT2D eigenvalue weighted by Gasteiger charge is -2.08. The summed E-state index contributed by atoms with van der Waals surface area (Å²) in [6.45, 7) is 1.76. The molecular weight excluding hydrogens is 310 g/mol. The van der Waals surface area contributed by atoms with E-state index in [4.69, 9.17) is 16.4 Å². The molecule has 2 aliphatic heterocycles. The van der Waals surface area contributed by atoms with E-state index in [0.717, 1.165) is 47.7 Å². The average Bonchev–Trinajstić information content (AvgIpc) is 3.27. The van der Waals surface area contributed by atoms with Crippen molar-refractivity contribution in [2.24, 2.45) is 10.1 Å². The second-order valence-corrected chi connectivity index (χ2v) is 6.06. The number of rotatable bonds is 3. The third-order valence-electron chi connectivity index (χ3n) is 4.06. The Kier molecular flexibility index (Phi) is 3.75. The monoisotopic (exact) mass is 325 g/mol. The van der Waals surface area contributed by atoms with Gasteiger partial charge in [0.15, 0.2) is 6.10 Å². The molecule has 0 saturated carbocycles. The predicted octanol–water partition coefficient (Wildman–Crippen LogP) is 3.56. The predicted molar refractivity (Wildman–Crippen MR) is 92.3 cm³/mol. The van der Waals surface area contributed by atoms with Crippen LogP contribution in [-0.4, -0.2) is 24.6 Å². The lowest BCUT2D eigenvalue weighted by molar-refractivity contribution is 0.0857. The summed E-state index contributed by atoms with van der Waals surface area (Å²) in [5.41, 5.74) is 4.20. The fraction of sp³-hybridized carbons (Fsp3) is 0.222. The summed E-state index contributed by atoms with van der Waals surface area (Å²) in [5, 5.41) is 8.24. The van der Waals surface area contributed by atoms with Crippen molar-refractivity contribution in [2.45, 2.75) is 12.5 Å². The number of oxime groups is 1. The van der Waals surface area contributed by atoms with Gasteiger partial charge in [0.2, 0.25) is 0 Å². The highest BCUT2D eigenvalue weighted by atomic mass is 35.5. The van der Waals surface area contributed by atoms with Crippen LogP contribution in [0.2, 0.25) is 5.02 Å². The van der Waals surface area contributed by atoms with E-state index in [0.29, 0.717) is 5.02 Å². The van der Waals surface area contributed by atoms with Gasteiger partial charge in [-0.2, -0.15) is 0 Å². The topological polar surface area (TPSA) is 46.0 Å². The summed E-state index contributed by atoms with van der Waals surface area (Å²) in [4.78, 5) is 10.0. The van der Waals surface area contributed by atoms with Crippen LogP contribution in [0.4, 0.5) is 0 Å². The molecule has 0 fully saturated rings. The third-order valence-corrected chi connectivity index (χ3v) is 4.29. The first-order valence-corrected chi connectivity index (χ1v) is 8.05. The first kappa shape index (κ1) is 14.3. The van der Waals surface area contributed by atoms with Gasteiger partial charge in [0.05, 0.1) is 12.3 Å². The molecule has 2 aromatic rings. The van der Waals surface area contributed by atoms with Crippen LogP contribution < -0.4 is 5.32 Å². The summed E-state index contributed by atoms with van der Waals surface area (Å²) in [6, 6.07) is 16.0. The minimum absolute atomic E-state index is 0.0655. The van der Waals surface area contributed by atoms with Crippen LogP contribution in [0.3, 0.4) is 0 Å². The molecule has 0 aliphatic carbocycles. The molecular formula is C18H16ClN3O. The largest absolute Gasteiger partial charge is 0.387 e. The third kappa shape index (κ3) is 2.94. The molecule has 2 aliphatic rings. The van der Waals surface area contributed by atoms with Gasteiger partial charge in [-0.05, 0) is 23.3 Å². The van der Waals surface area contributed by atoms with Gasteiger partial charge in [0, 0.05) is 23.6 Å². The number of amidine groups is 1. The van der Waals surface area contributed by atoms with Crippen LogP contribution in [0.15, 0.2) is 58.7 Å².